The summed E-state index contributed by atoms with van der Waals surface area (Å²) in [5, 5.41) is 7.39. The Morgan fingerprint density at radius 3 is 2.33 bits per heavy atom. The van der Waals surface area contributed by atoms with E-state index in [0.29, 0.717) is 30.0 Å². The van der Waals surface area contributed by atoms with Crippen molar-refractivity contribution in [1.29, 1.82) is 0 Å². The molecule has 4 rings (SSSR count). The number of carbonyl (C=O) groups excluding carboxylic acids is 2. The minimum Gasteiger partial charge on any atom is -0.334 e. The number of rotatable bonds is 4. The molecule has 0 bridgehead atoms. The second-order valence-corrected chi connectivity index (χ2v) is 7.67. The lowest BCUT2D eigenvalue weighted by atomic mass is 10.1. The maximum Gasteiger partial charge on any atom is 0.259 e. The molecule has 2 aromatic carbocycles. The van der Waals surface area contributed by atoms with Crippen LogP contribution in [0, 0.1) is 6.92 Å². The molecule has 30 heavy (non-hydrogen) atoms. The van der Waals surface area contributed by atoms with E-state index in [1.165, 1.54) is 4.90 Å². The molecule has 2 heterocycles. The Morgan fingerprint density at radius 1 is 0.967 bits per heavy atom. The normalized spacial score (nSPS) is 14.5. The van der Waals surface area contributed by atoms with E-state index in [1.807, 2.05) is 60.4 Å². The van der Waals surface area contributed by atoms with Crippen LogP contribution in [-0.2, 0) is 0 Å². The number of anilines is 1. The Balaban J connectivity index is 1.70. The van der Waals surface area contributed by atoms with E-state index in [-0.39, 0.29) is 11.8 Å². The zero-order chi connectivity index (χ0) is 21.1. The first kappa shape index (κ1) is 19.8. The van der Waals surface area contributed by atoms with Crippen LogP contribution in [0.3, 0.4) is 0 Å². The summed E-state index contributed by atoms with van der Waals surface area (Å²) in [5.74, 6) is 0.0261. The lowest BCUT2D eigenvalue weighted by Crippen LogP contribution is -3.12. The summed E-state index contributed by atoms with van der Waals surface area (Å²) in [4.78, 5) is 29.5. The number of quaternary nitrogens is 1. The van der Waals surface area contributed by atoms with E-state index in [1.54, 1.807) is 16.9 Å². The fraction of sp³-hybridized carbons (Fsp3) is 0.261. The minimum atomic E-state index is -0.261. The van der Waals surface area contributed by atoms with Gasteiger partial charge in [0.25, 0.3) is 11.8 Å². The van der Waals surface area contributed by atoms with Crippen LogP contribution in [0.2, 0.25) is 0 Å². The van der Waals surface area contributed by atoms with Crippen molar-refractivity contribution in [3.05, 3.63) is 77.5 Å². The van der Waals surface area contributed by atoms with Gasteiger partial charge in [-0.2, -0.15) is 5.10 Å². The van der Waals surface area contributed by atoms with Gasteiger partial charge >= 0.3 is 0 Å². The van der Waals surface area contributed by atoms with E-state index >= 15 is 0 Å². The summed E-state index contributed by atoms with van der Waals surface area (Å²) in [6.07, 6.45) is 1.55. The van der Waals surface area contributed by atoms with Crippen LogP contribution in [0.15, 0.2) is 60.8 Å². The first-order valence-corrected chi connectivity index (χ1v) is 10.2. The second kappa shape index (κ2) is 8.51. The van der Waals surface area contributed by atoms with Crippen molar-refractivity contribution in [3.63, 3.8) is 0 Å². The van der Waals surface area contributed by atoms with Gasteiger partial charge in [0.05, 0.1) is 45.1 Å². The number of amides is 2. The lowest BCUT2D eigenvalue weighted by molar-refractivity contribution is -0.883. The Hall–Kier alpha value is -3.45. The molecule has 0 saturated carbocycles. The van der Waals surface area contributed by atoms with Crippen molar-refractivity contribution >= 4 is 17.6 Å². The van der Waals surface area contributed by atoms with Crippen molar-refractivity contribution in [2.45, 2.75) is 6.92 Å². The molecule has 2 N–H and O–H groups in total. The summed E-state index contributed by atoms with van der Waals surface area (Å²) in [7, 11) is 2.13. The van der Waals surface area contributed by atoms with Gasteiger partial charge in [0.1, 0.15) is 11.4 Å². The molecule has 0 aliphatic carbocycles. The highest BCUT2D eigenvalue weighted by Crippen LogP contribution is 2.23. The molecule has 154 valence electrons. The van der Waals surface area contributed by atoms with Gasteiger partial charge in [-0.3, -0.25) is 9.59 Å². The smallest absolute Gasteiger partial charge is 0.259 e. The standard InChI is InChI=1S/C23H25N5O2/c1-17-8-6-7-11-19(17)22(29)25-21-20(23(30)27-14-12-26(2)13-15-27)16-24-28(21)18-9-4-3-5-10-18/h3-11,16H,12-15H2,1-2H3,(H,25,29)/p+1. The monoisotopic (exact) mass is 404 g/mol. The Labute approximate surface area is 175 Å². The highest BCUT2D eigenvalue weighted by Gasteiger charge is 2.28. The van der Waals surface area contributed by atoms with Crippen LogP contribution in [0.25, 0.3) is 5.69 Å². The number of aryl methyl sites for hydroxylation is 1. The average molecular weight is 404 g/mol. The number of para-hydroxylation sites is 1. The molecule has 0 spiro atoms. The van der Waals surface area contributed by atoms with Gasteiger partial charge in [0, 0.05) is 5.56 Å². The average Bonchev–Trinajstić information content (AvgIpc) is 3.18. The van der Waals surface area contributed by atoms with Gasteiger partial charge in [-0.25, -0.2) is 4.68 Å². The SMILES string of the molecule is Cc1ccccc1C(=O)Nc1c(C(=O)N2CC[NH+](C)CC2)cnn1-c1ccccc1. The number of hydrogen-bond donors (Lipinski definition) is 2. The van der Waals surface area contributed by atoms with E-state index < -0.39 is 0 Å². The van der Waals surface area contributed by atoms with Crippen molar-refractivity contribution in [3.8, 4) is 5.69 Å². The topological polar surface area (TPSA) is 71.7 Å². The predicted molar refractivity (Wildman–Crippen MR) is 115 cm³/mol. The summed E-state index contributed by atoms with van der Waals surface area (Å²) in [6.45, 7) is 5.08. The highest BCUT2D eigenvalue weighted by atomic mass is 16.2. The Kier molecular flexibility index (Phi) is 5.63. The van der Waals surface area contributed by atoms with Gasteiger partial charge in [-0.05, 0) is 30.7 Å². The maximum atomic E-state index is 13.3. The molecule has 1 aromatic heterocycles. The molecule has 1 saturated heterocycles. The number of likely N-dealkylation sites (N-methyl/N-ethyl adjacent to an activating group) is 1. The molecule has 2 amide bonds. The van der Waals surface area contributed by atoms with E-state index in [2.05, 4.69) is 17.5 Å². The Morgan fingerprint density at radius 2 is 1.63 bits per heavy atom. The van der Waals surface area contributed by atoms with Crippen molar-refractivity contribution in [1.82, 2.24) is 14.7 Å². The molecule has 1 fully saturated rings. The number of benzene rings is 2. The molecule has 7 heteroatoms. The molecule has 0 unspecified atom stereocenters. The van der Waals surface area contributed by atoms with E-state index in [4.69, 9.17) is 0 Å². The second-order valence-electron chi connectivity index (χ2n) is 7.67. The molecule has 1 aliphatic rings. The quantitative estimate of drug-likeness (QED) is 0.691. The Bertz CT molecular complexity index is 1050. The third-order valence-electron chi connectivity index (χ3n) is 5.53. The van der Waals surface area contributed by atoms with Gasteiger partial charge in [0.2, 0.25) is 0 Å². The minimum absolute atomic E-state index is 0.107. The highest BCUT2D eigenvalue weighted by molar-refractivity contribution is 6.09. The lowest BCUT2D eigenvalue weighted by Gasteiger charge is -2.30. The van der Waals surface area contributed by atoms with Crippen LogP contribution in [-0.4, -0.2) is 59.7 Å². The molecule has 3 aromatic rings. The number of nitrogens with zero attached hydrogens (tertiary/aromatic N) is 3. The van der Waals surface area contributed by atoms with Gasteiger partial charge < -0.3 is 15.1 Å². The first-order valence-electron chi connectivity index (χ1n) is 10.2. The third-order valence-corrected chi connectivity index (χ3v) is 5.53. The van der Waals surface area contributed by atoms with Crippen LogP contribution >= 0.6 is 0 Å². The van der Waals surface area contributed by atoms with Crippen molar-refractivity contribution in [2.24, 2.45) is 0 Å². The molecule has 7 nitrogen and oxygen atoms in total. The predicted octanol–water partition coefficient (Wildman–Crippen LogP) is 1.40. The summed E-state index contributed by atoms with van der Waals surface area (Å²) < 4.78 is 1.62. The summed E-state index contributed by atoms with van der Waals surface area (Å²) in [6, 6.07) is 16.9. The molecular formula is C23H26N5O2+. The molecule has 0 atom stereocenters. The first-order chi connectivity index (χ1) is 14.5. The number of nitrogens with one attached hydrogen (secondary N) is 2. The van der Waals surface area contributed by atoms with E-state index in [0.717, 1.165) is 24.3 Å². The molecule has 1 aliphatic heterocycles. The maximum absolute atomic E-state index is 13.3. The van der Waals surface area contributed by atoms with Crippen LogP contribution in [0.4, 0.5) is 5.82 Å². The zero-order valence-electron chi connectivity index (χ0n) is 17.3. The molecular weight excluding hydrogens is 378 g/mol. The van der Waals surface area contributed by atoms with Gasteiger partial charge in [0.15, 0.2) is 0 Å². The molecule has 0 radical (unpaired) electrons. The van der Waals surface area contributed by atoms with Crippen molar-refractivity contribution in [2.75, 3.05) is 38.5 Å². The van der Waals surface area contributed by atoms with Crippen LogP contribution in [0.5, 0.6) is 0 Å². The van der Waals surface area contributed by atoms with Crippen LogP contribution < -0.4 is 10.2 Å². The number of aromatic nitrogens is 2. The number of carbonyl (C=O) groups is 2. The fourth-order valence-electron chi connectivity index (χ4n) is 3.65. The van der Waals surface area contributed by atoms with Gasteiger partial charge in [-0.15, -0.1) is 0 Å². The van der Waals surface area contributed by atoms with E-state index in [9.17, 15) is 9.59 Å². The van der Waals surface area contributed by atoms with Gasteiger partial charge in [-0.1, -0.05) is 36.4 Å². The summed E-state index contributed by atoms with van der Waals surface area (Å²) >= 11 is 0. The largest absolute Gasteiger partial charge is 0.334 e. The van der Waals surface area contributed by atoms with Crippen LogP contribution in [0.1, 0.15) is 26.3 Å². The fourth-order valence-corrected chi connectivity index (χ4v) is 3.65. The summed E-state index contributed by atoms with van der Waals surface area (Å²) in [5.41, 5.74) is 2.62. The zero-order valence-corrected chi connectivity index (χ0v) is 17.3. The number of hydrogen-bond acceptors (Lipinski definition) is 3. The number of piperazine rings is 1. The van der Waals surface area contributed by atoms with Crippen molar-refractivity contribution < 1.29 is 14.5 Å². The third kappa shape index (κ3) is 3.97.